The van der Waals surface area contributed by atoms with E-state index in [-0.39, 0.29) is 17.7 Å². The first-order valence-electron chi connectivity index (χ1n) is 6.38. The minimum Gasteiger partial charge on any atom is -0.333 e. The van der Waals surface area contributed by atoms with E-state index in [1.165, 1.54) is 0 Å². The highest BCUT2D eigenvalue weighted by atomic mass is 32.2. The second kappa shape index (κ2) is 5.01. The maximum atomic E-state index is 11.9. The van der Waals surface area contributed by atoms with E-state index in [1.807, 2.05) is 27.0 Å². The number of rotatable bonds is 4. The fourth-order valence-corrected chi connectivity index (χ4v) is 4.10. The van der Waals surface area contributed by atoms with Crippen LogP contribution in [0.3, 0.4) is 0 Å². The van der Waals surface area contributed by atoms with Crippen LogP contribution in [0.25, 0.3) is 0 Å². The maximum absolute atomic E-state index is 11.9. The lowest BCUT2D eigenvalue weighted by Gasteiger charge is -2.24. The van der Waals surface area contributed by atoms with Gasteiger partial charge in [0.05, 0.1) is 11.4 Å². The quantitative estimate of drug-likeness (QED) is 0.891. The molecule has 0 spiro atoms. The van der Waals surface area contributed by atoms with Gasteiger partial charge in [-0.3, -0.25) is 0 Å². The lowest BCUT2D eigenvalue weighted by molar-refractivity contribution is 0.419. The topological polar surface area (TPSA) is 64.0 Å². The van der Waals surface area contributed by atoms with E-state index in [4.69, 9.17) is 0 Å². The summed E-state index contributed by atoms with van der Waals surface area (Å²) < 4.78 is 28.6. The monoisotopic (exact) mass is 271 g/mol. The molecule has 6 heteroatoms. The minimum atomic E-state index is -3.16. The van der Waals surface area contributed by atoms with E-state index in [0.29, 0.717) is 6.54 Å². The van der Waals surface area contributed by atoms with Gasteiger partial charge >= 0.3 is 0 Å². The molecule has 0 fully saturated rings. The van der Waals surface area contributed by atoms with Gasteiger partial charge in [-0.2, -0.15) is 0 Å². The van der Waals surface area contributed by atoms with Crippen molar-refractivity contribution in [1.82, 2.24) is 14.3 Å². The van der Waals surface area contributed by atoms with Gasteiger partial charge in [0.1, 0.15) is 5.82 Å². The number of hydrogen-bond donors (Lipinski definition) is 1. The molecule has 0 saturated heterocycles. The molecule has 5 nitrogen and oxygen atoms in total. The molecule has 0 unspecified atom stereocenters. The molecule has 0 amide bonds. The number of aromatic nitrogens is 2. The first-order valence-corrected chi connectivity index (χ1v) is 8.03. The van der Waals surface area contributed by atoms with E-state index in [0.717, 1.165) is 24.4 Å². The summed E-state index contributed by atoms with van der Waals surface area (Å²) in [4.78, 5) is 4.42. The summed E-state index contributed by atoms with van der Waals surface area (Å²) in [6.07, 6.45) is 3.65. The average Bonchev–Trinajstić information content (AvgIpc) is 2.54. The molecule has 2 heterocycles. The predicted molar refractivity (Wildman–Crippen MR) is 70.8 cm³/mol. The first-order chi connectivity index (χ1) is 8.35. The van der Waals surface area contributed by atoms with E-state index in [9.17, 15) is 8.42 Å². The van der Waals surface area contributed by atoms with Crippen LogP contribution in [-0.4, -0.2) is 29.8 Å². The highest BCUT2D eigenvalue weighted by molar-refractivity contribution is 7.89. The second-order valence-electron chi connectivity index (χ2n) is 5.48. The molecule has 0 aliphatic carbocycles. The summed E-state index contributed by atoms with van der Waals surface area (Å²) in [6, 6.07) is -0.00477. The third-order valence-electron chi connectivity index (χ3n) is 3.01. The fraction of sp³-hybridized carbons (Fsp3) is 0.750. The third kappa shape index (κ3) is 3.32. The highest BCUT2D eigenvalue weighted by Gasteiger charge is 2.24. The number of fused-ring (bicyclic) bond motifs is 1. The van der Waals surface area contributed by atoms with Gasteiger partial charge in [0.2, 0.25) is 10.0 Å². The SMILES string of the molecule is Cc1cn2c(n1)CC[C@@H](NS(=O)(=O)CC(C)C)C2. The third-order valence-corrected chi connectivity index (χ3v) is 4.81. The number of sulfonamides is 1. The van der Waals surface area contributed by atoms with Crippen LogP contribution in [0.2, 0.25) is 0 Å². The van der Waals surface area contributed by atoms with E-state index < -0.39 is 10.0 Å². The summed E-state index contributed by atoms with van der Waals surface area (Å²) >= 11 is 0. The molecular formula is C12H21N3O2S. The summed E-state index contributed by atoms with van der Waals surface area (Å²) in [5.74, 6) is 1.41. The van der Waals surface area contributed by atoms with Crippen LogP contribution in [0.5, 0.6) is 0 Å². The summed E-state index contributed by atoms with van der Waals surface area (Å²) in [5.41, 5.74) is 0.996. The number of imidazole rings is 1. The number of nitrogens with zero attached hydrogens (tertiary/aromatic N) is 2. The minimum absolute atomic E-state index is 0.00477. The van der Waals surface area contributed by atoms with Crippen molar-refractivity contribution < 1.29 is 8.42 Å². The molecule has 1 aliphatic rings. The van der Waals surface area contributed by atoms with Crippen molar-refractivity contribution in [1.29, 1.82) is 0 Å². The molecule has 1 N–H and O–H groups in total. The number of aryl methyl sites for hydroxylation is 2. The molecule has 1 aromatic heterocycles. The Bertz CT molecular complexity index is 519. The Morgan fingerprint density at radius 1 is 1.56 bits per heavy atom. The number of hydrogen-bond acceptors (Lipinski definition) is 3. The van der Waals surface area contributed by atoms with Crippen molar-refractivity contribution in [2.75, 3.05) is 5.75 Å². The Morgan fingerprint density at radius 3 is 2.94 bits per heavy atom. The number of nitrogens with one attached hydrogen (secondary N) is 1. The normalized spacial score (nSPS) is 20.1. The largest absolute Gasteiger partial charge is 0.333 e. The molecule has 1 atom stereocenters. The molecule has 0 radical (unpaired) electrons. The van der Waals surface area contributed by atoms with Crippen LogP contribution in [0.4, 0.5) is 0 Å². The molecule has 0 bridgehead atoms. The molecule has 0 aromatic carbocycles. The van der Waals surface area contributed by atoms with Crippen molar-refractivity contribution in [2.45, 2.75) is 46.2 Å². The Hall–Kier alpha value is -0.880. The standard InChI is InChI=1S/C12H21N3O2S/c1-9(2)8-18(16,17)14-11-4-5-12-13-10(3)6-15(12)7-11/h6,9,11,14H,4-5,7-8H2,1-3H3/t11-/m1/s1. The van der Waals surface area contributed by atoms with Crippen molar-refractivity contribution >= 4 is 10.0 Å². The summed E-state index contributed by atoms with van der Waals surface area (Å²) in [5, 5.41) is 0. The van der Waals surface area contributed by atoms with Crippen LogP contribution in [0, 0.1) is 12.8 Å². The second-order valence-corrected chi connectivity index (χ2v) is 7.28. The van der Waals surface area contributed by atoms with Crippen molar-refractivity contribution in [3.63, 3.8) is 0 Å². The van der Waals surface area contributed by atoms with Crippen LogP contribution in [0.1, 0.15) is 31.8 Å². The lowest BCUT2D eigenvalue weighted by atomic mass is 10.1. The Morgan fingerprint density at radius 2 is 2.28 bits per heavy atom. The van der Waals surface area contributed by atoms with Gasteiger partial charge in [-0.15, -0.1) is 0 Å². The lowest BCUT2D eigenvalue weighted by Crippen LogP contribution is -2.42. The molecule has 1 aliphatic heterocycles. The smallest absolute Gasteiger partial charge is 0.212 e. The van der Waals surface area contributed by atoms with Gasteiger partial charge in [0.25, 0.3) is 0 Å². The maximum Gasteiger partial charge on any atom is 0.212 e. The van der Waals surface area contributed by atoms with E-state index >= 15 is 0 Å². The average molecular weight is 271 g/mol. The van der Waals surface area contributed by atoms with Gasteiger partial charge in [-0.05, 0) is 19.3 Å². The molecular weight excluding hydrogens is 250 g/mol. The Kier molecular flexibility index (Phi) is 3.77. The van der Waals surface area contributed by atoms with Crippen LogP contribution >= 0.6 is 0 Å². The first kappa shape index (κ1) is 13.5. The van der Waals surface area contributed by atoms with Gasteiger partial charge < -0.3 is 4.57 Å². The van der Waals surface area contributed by atoms with Crippen LogP contribution < -0.4 is 4.72 Å². The van der Waals surface area contributed by atoms with Crippen LogP contribution in [0.15, 0.2) is 6.20 Å². The summed E-state index contributed by atoms with van der Waals surface area (Å²) in [7, 11) is -3.16. The van der Waals surface area contributed by atoms with E-state index in [1.54, 1.807) is 0 Å². The van der Waals surface area contributed by atoms with E-state index in [2.05, 4.69) is 14.3 Å². The zero-order valence-electron chi connectivity index (χ0n) is 11.2. The Balaban J connectivity index is 2.01. The van der Waals surface area contributed by atoms with Crippen LogP contribution in [-0.2, 0) is 23.0 Å². The molecule has 0 saturated carbocycles. The van der Waals surface area contributed by atoms with Gasteiger partial charge in [-0.1, -0.05) is 13.8 Å². The molecule has 18 heavy (non-hydrogen) atoms. The van der Waals surface area contributed by atoms with Gasteiger partial charge in [0, 0.05) is 25.2 Å². The van der Waals surface area contributed by atoms with Gasteiger partial charge in [0.15, 0.2) is 0 Å². The molecule has 1 aromatic rings. The molecule has 102 valence electrons. The summed E-state index contributed by atoms with van der Waals surface area (Å²) in [6.45, 7) is 6.48. The Labute approximate surface area is 109 Å². The van der Waals surface area contributed by atoms with Crippen molar-refractivity contribution in [3.05, 3.63) is 17.7 Å². The zero-order valence-corrected chi connectivity index (χ0v) is 12.0. The zero-order chi connectivity index (χ0) is 13.3. The fourth-order valence-electron chi connectivity index (χ4n) is 2.42. The van der Waals surface area contributed by atoms with Gasteiger partial charge in [-0.25, -0.2) is 18.1 Å². The van der Waals surface area contributed by atoms with Crippen molar-refractivity contribution in [3.8, 4) is 0 Å². The predicted octanol–water partition coefficient (Wildman–Crippen LogP) is 1.08. The van der Waals surface area contributed by atoms with Crippen molar-refractivity contribution in [2.24, 2.45) is 5.92 Å². The highest BCUT2D eigenvalue weighted by Crippen LogP contribution is 2.16. The molecule has 2 rings (SSSR count).